The van der Waals surface area contributed by atoms with Crippen LogP contribution < -0.4 is 4.90 Å². The third-order valence-corrected chi connectivity index (χ3v) is 2.98. The summed E-state index contributed by atoms with van der Waals surface area (Å²) in [7, 11) is 0. The Kier molecular flexibility index (Phi) is 3.76. The fourth-order valence-electron chi connectivity index (χ4n) is 1.97. The molecule has 4 heteroatoms. The Morgan fingerprint density at radius 1 is 1.47 bits per heavy atom. The van der Waals surface area contributed by atoms with E-state index in [0.717, 1.165) is 17.8 Å². The molecule has 0 aromatic heterocycles. The van der Waals surface area contributed by atoms with Crippen LogP contribution in [0, 0.1) is 0 Å². The van der Waals surface area contributed by atoms with Crippen molar-refractivity contribution in [3.05, 3.63) is 29.8 Å². The monoisotopic (exact) mass is 235 g/mol. The number of nitrogens with zero attached hydrogens (tertiary/aromatic N) is 1. The topological polar surface area (TPSA) is 49.8 Å². The Morgan fingerprint density at radius 3 is 2.76 bits per heavy atom. The molecule has 92 valence electrons. The van der Waals surface area contributed by atoms with Crippen LogP contribution in [0.1, 0.15) is 17.3 Å². The van der Waals surface area contributed by atoms with Gasteiger partial charge in [0.25, 0.3) is 0 Å². The number of ether oxygens (including phenoxy) is 1. The van der Waals surface area contributed by atoms with Gasteiger partial charge in [-0.2, -0.15) is 0 Å². The first kappa shape index (κ1) is 12.1. The van der Waals surface area contributed by atoms with Crippen LogP contribution in [0.5, 0.6) is 0 Å². The van der Waals surface area contributed by atoms with Crippen LogP contribution in [0.3, 0.4) is 0 Å². The number of morpholine rings is 1. The summed E-state index contributed by atoms with van der Waals surface area (Å²) >= 11 is 0. The minimum atomic E-state index is -0.115. The number of aliphatic hydroxyl groups is 1. The Labute approximate surface area is 101 Å². The summed E-state index contributed by atoms with van der Waals surface area (Å²) in [5, 5.41) is 9.08. The number of ketones is 1. The number of carbonyl (C=O) groups excluding carboxylic acids is 1. The van der Waals surface area contributed by atoms with Crippen molar-refractivity contribution in [3.8, 4) is 0 Å². The lowest BCUT2D eigenvalue weighted by Gasteiger charge is -2.33. The van der Waals surface area contributed by atoms with E-state index in [4.69, 9.17) is 9.84 Å². The van der Waals surface area contributed by atoms with E-state index in [1.54, 1.807) is 6.92 Å². The van der Waals surface area contributed by atoms with Crippen molar-refractivity contribution in [3.63, 3.8) is 0 Å². The maximum atomic E-state index is 11.2. The molecule has 1 atom stereocenters. The van der Waals surface area contributed by atoms with Crippen molar-refractivity contribution in [2.45, 2.75) is 13.0 Å². The molecule has 1 aliphatic rings. The SMILES string of the molecule is CC(=O)c1ccc(N2CCOC(CO)C2)cc1. The summed E-state index contributed by atoms with van der Waals surface area (Å²) in [6.07, 6.45) is -0.115. The van der Waals surface area contributed by atoms with Crippen LogP contribution in [0.2, 0.25) is 0 Å². The van der Waals surface area contributed by atoms with Gasteiger partial charge in [-0.1, -0.05) is 0 Å². The normalized spacial score (nSPS) is 20.4. The van der Waals surface area contributed by atoms with Crippen molar-refractivity contribution in [1.29, 1.82) is 0 Å². The molecule has 1 heterocycles. The molecule has 0 radical (unpaired) electrons. The number of benzene rings is 1. The Bertz CT molecular complexity index is 388. The fourth-order valence-corrected chi connectivity index (χ4v) is 1.97. The average Bonchev–Trinajstić information content (AvgIpc) is 2.39. The Balaban J connectivity index is 2.08. The lowest BCUT2D eigenvalue weighted by atomic mass is 10.1. The van der Waals surface area contributed by atoms with Crippen molar-refractivity contribution in [2.75, 3.05) is 31.2 Å². The molecule has 0 saturated carbocycles. The maximum Gasteiger partial charge on any atom is 0.159 e. The van der Waals surface area contributed by atoms with Crippen molar-refractivity contribution < 1.29 is 14.6 Å². The van der Waals surface area contributed by atoms with E-state index in [-0.39, 0.29) is 18.5 Å². The first-order valence-electron chi connectivity index (χ1n) is 5.79. The third-order valence-electron chi connectivity index (χ3n) is 2.98. The van der Waals surface area contributed by atoms with Crippen LogP contribution >= 0.6 is 0 Å². The first-order chi connectivity index (χ1) is 8.20. The first-order valence-corrected chi connectivity index (χ1v) is 5.79. The average molecular weight is 235 g/mol. The van der Waals surface area contributed by atoms with Gasteiger partial charge in [0.15, 0.2) is 5.78 Å². The maximum absolute atomic E-state index is 11.2. The molecule has 0 aliphatic carbocycles. The van der Waals surface area contributed by atoms with E-state index < -0.39 is 0 Å². The summed E-state index contributed by atoms with van der Waals surface area (Å²) in [4.78, 5) is 13.3. The lowest BCUT2D eigenvalue weighted by molar-refractivity contribution is 0.00357. The molecule has 1 aromatic carbocycles. The molecule has 0 amide bonds. The van der Waals surface area contributed by atoms with Gasteiger partial charge >= 0.3 is 0 Å². The number of rotatable bonds is 3. The molecule has 0 spiro atoms. The van der Waals surface area contributed by atoms with Crippen LogP contribution in [0.4, 0.5) is 5.69 Å². The molecule has 0 bridgehead atoms. The largest absolute Gasteiger partial charge is 0.394 e. The highest BCUT2D eigenvalue weighted by molar-refractivity contribution is 5.94. The van der Waals surface area contributed by atoms with Gasteiger partial charge in [-0.15, -0.1) is 0 Å². The number of carbonyl (C=O) groups is 1. The summed E-state index contributed by atoms with van der Waals surface area (Å²) in [6.45, 7) is 3.74. The molecule has 1 fully saturated rings. The minimum Gasteiger partial charge on any atom is -0.394 e. The van der Waals surface area contributed by atoms with Gasteiger partial charge in [0, 0.05) is 24.3 Å². The van der Waals surface area contributed by atoms with Gasteiger partial charge in [-0.05, 0) is 31.2 Å². The molecular formula is C13H17NO3. The van der Waals surface area contributed by atoms with E-state index in [9.17, 15) is 4.79 Å². The number of Topliss-reactive ketones (excluding diaryl/α,β-unsaturated/α-hetero) is 1. The Hall–Kier alpha value is -1.39. The number of aliphatic hydroxyl groups excluding tert-OH is 1. The predicted molar refractivity (Wildman–Crippen MR) is 65.5 cm³/mol. The molecule has 1 aromatic rings. The van der Waals surface area contributed by atoms with Crippen LogP contribution in [-0.4, -0.2) is 43.3 Å². The van der Waals surface area contributed by atoms with E-state index >= 15 is 0 Å². The lowest BCUT2D eigenvalue weighted by Crippen LogP contribution is -2.44. The number of hydrogen-bond donors (Lipinski definition) is 1. The van der Waals surface area contributed by atoms with E-state index in [1.807, 2.05) is 24.3 Å². The van der Waals surface area contributed by atoms with E-state index in [0.29, 0.717) is 13.2 Å². The zero-order chi connectivity index (χ0) is 12.3. The van der Waals surface area contributed by atoms with Crippen LogP contribution in [-0.2, 0) is 4.74 Å². The summed E-state index contributed by atoms with van der Waals surface area (Å²) < 4.78 is 5.40. The van der Waals surface area contributed by atoms with Gasteiger partial charge in [0.05, 0.1) is 19.3 Å². The summed E-state index contributed by atoms with van der Waals surface area (Å²) in [5.74, 6) is 0.0757. The van der Waals surface area contributed by atoms with Crippen molar-refractivity contribution in [1.82, 2.24) is 0 Å². The van der Waals surface area contributed by atoms with Crippen molar-refractivity contribution >= 4 is 11.5 Å². The van der Waals surface area contributed by atoms with Crippen molar-refractivity contribution in [2.24, 2.45) is 0 Å². The summed E-state index contributed by atoms with van der Waals surface area (Å²) in [5.41, 5.74) is 1.79. The van der Waals surface area contributed by atoms with Gasteiger partial charge in [0.1, 0.15) is 0 Å². The second kappa shape index (κ2) is 5.29. The molecule has 1 unspecified atom stereocenters. The van der Waals surface area contributed by atoms with Crippen LogP contribution in [0.25, 0.3) is 0 Å². The quantitative estimate of drug-likeness (QED) is 0.797. The molecule has 2 rings (SSSR count). The molecule has 4 nitrogen and oxygen atoms in total. The zero-order valence-electron chi connectivity index (χ0n) is 9.93. The molecular weight excluding hydrogens is 218 g/mol. The number of hydrogen-bond acceptors (Lipinski definition) is 4. The minimum absolute atomic E-state index is 0.0437. The van der Waals surface area contributed by atoms with Gasteiger partial charge < -0.3 is 14.7 Å². The van der Waals surface area contributed by atoms with E-state index in [1.165, 1.54) is 0 Å². The second-order valence-electron chi connectivity index (χ2n) is 4.22. The second-order valence-corrected chi connectivity index (χ2v) is 4.22. The van der Waals surface area contributed by atoms with Crippen LogP contribution in [0.15, 0.2) is 24.3 Å². The van der Waals surface area contributed by atoms with E-state index in [2.05, 4.69) is 4.90 Å². The highest BCUT2D eigenvalue weighted by Crippen LogP contribution is 2.18. The molecule has 1 saturated heterocycles. The molecule has 17 heavy (non-hydrogen) atoms. The predicted octanol–water partition coefficient (Wildman–Crippen LogP) is 1.09. The number of anilines is 1. The Morgan fingerprint density at radius 2 is 2.18 bits per heavy atom. The zero-order valence-corrected chi connectivity index (χ0v) is 9.93. The molecule has 1 aliphatic heterocycles. The highest BCUT2D eigenvalue weighted by atomic mass is 16.5. The fraction of sp³-hybridized carbons (Fsp3) is 0.462. The smallest absolute Gasteiger partial charge is 0.159 e. The van der Waals surface area contributed by atoms with Gasteiger partial charge in [0.2, 0.25) is 0 Å². The summed E-state index contributed by atoms with van der Waals surface area (Å²) in [6, 6.07) is 7.55. The third kappa shape index (κ3) is 2.84. The molecule has 1 N–H and O–H groups in total. The standard InChI is InChI=1S/C13H17NO3/c1-10(16)11-2-4-12(5-3-11)14-6-7-17-13(8-14)9-15/h2-5,13,15H,6-9H2,1H3. The van der Waals surface area contributed by atoms with Gasteiger partial charge in [-0.3, -0.25) is 4.79 Å². The van der Waals surface area contributed by atoms with Gasteiger partial charge in [-0.25, -0.2) is 0 Å². The highest BCUT2D eigenvalue weighted by Gasteiger charge is 2.19.